The number of rotatable bonds is 2. The number of para-hydroxylation sites is 1. The van der Waals surface area contributed by atoms with Crippen molar-refractivity contribution < 1.29 is 19.5 Å². The third kappa shape index (κ3) is 2.15. The number of likely N-dealkylation sites (tertiary alicyclic amines) is 1. The zero-order valence-electron chi connectivity index (χ0n) is 12.3. The van der Waals surface area contributed by atoms with Crippen molar-refractivity contribution in [2.24, 2.45) is 0 Å². The van der Waals surface area contributed by atoms with Crippen LogP contribution >= 0.6 is 0 Å². The minimum absolute atomic E-state index is 0.0576. The molecule has 0 radical (unpaired) electrons. The van der Waals surface area contributed by atoms with E-state index < -0.39 is 17.4 Å². The molecule has 0 aromatic heterocycles. The predicted molar refractivity (Wildman–Crippen MR) is 79.4 cm³/mol. The number of hydrogen-bond acceptors (Lipinski definition) is 3. The molecule has 2 aliphatic heterocycles. The number of carbonyl (C=O) groups excluding carboxylic acids is 2. The summed E-state index contributed by atoms with van der Waals surface area (Å²) < 4.78 is 0. The lowest BCUT2D eigenvalue weighted by atomic mass is 9.88. The molecule has 1 saturated heterocycles. The Morgan fingerprint density at radius 3 is 2.82 bits per heavy atom. The van der Waals surface area contributed by atoms with Crippen molar-refractivity contribution in [1.29, 1.82) is 0 Å². The Balaban J connectivity index is 1.96. The van der Waals surface area contributed by atoms with Gasteiger partial charge in [0.05, 0.1) is 5.92 Å². The molecule has 22 heavy (non-hydrogen) atoms. The van der Waals surface area contributed by atoms with E-state index in [9.17, 15) is 19.5 Å². The van der Waals surface area contributed by atoms with Gasteiger partial charge in [0.25, 0.3) is 0 Å². The molecule has 0 saturated carbocycles. The van der Waals surface area contributed by atoms with Crippen molar-refractivity contribution >= 4 is 23.5 Å². The van der Waals surface area contributed by atoms with E-state index in [-0.39, 0.29) is 18.2 Å². The largest absolute Gasteiger partial charge is 0.480 e. The van der Waals surface area contributed by atoms with E-state index in [4.69, 9.17) is 0 Å². The smallest absolute Gasteiger partial charge is 0.329 e. The fourth-order valence-corrected chi connectivity index (χ4v) is 3.36. The van der Waals surface area contributed by atoms with Gasteiger partial charge in [-0.25, -0.2) is 4.79 Å². The van der Waals surface area contributed by atoms with Crippen molar-refractivity contribution in [3.63, 3.8) is 0 Å². The summed E-state index contributed by atoms with van der Waals surface area (Å²) >= 11 is 0. The maximum absolute atomic E-state index is 12.9. The molecule has 6 heteroatoms. The Labute approximate surface area is 128 Å². The number of anilines is 1. The summed E-state index contributed by atoms with van der Waals surface area (Å²) in [5, 5.41) is 12.2. The average Bonchev–Trinajstić information content (AvgIpc) is 2.89. The van der Waals surface area contributed by atoms with Gasteiger partial charge in [-0.15, -0.1) is 0 Å². The highest BCUT2D eigenvalue weighted by molar-refractivity contribution is 6.02. The van der Waals surface area contributed by atoms with E-state index >= 15 is 0 Å². The SMILES string of the molecule is CC1(C(=O)O)CCCN1C(=O)C1CC(=O)Nc2ccccc21. The fourth-order valence-electron chi connectivity index (χ4n) is 3.36. The van der Waals surface area contributed by atoms with Crippen LogP contribution in [0.4, 0.5) is 5.69 Å². The van der Waals surface area contributed by atoms with Gasteiger partial charge in [-0.1, -0.05) is 18.2 Å². The second-order valence-electron chi connectivity index (χ2n) is 6.06. The molecule has 0 bridgehead atoms. The van der Waals surface area contributed by atoms with E-state index in [1.165, 1.54) is 4.90 Å². The van der Waals surface area contributed by atoms with Crippen LogP contribution in [0.1, 0.15) is 37.7 Å². The highest BCUT2D eigenvalue weighted by Gasteiger charge is 2.48. The molecule has 2 aliphatic rings. The fraction of sp³-hybridized carbons (Fsp3) is 0.438. The van der Waals surface area contributed by atoms with Crippen LogP contribution in [-0.4, -0.2) is 39.9 Å². The van der Waals surface area contributed by atoms with Crippen LogP contribution in [0, 0.1) is 0 Å². The molecule has 0 spiro atoms. The van der Waals surface area contributed by atoms with E-state index in [0.29, 0.717) is 25.1 Å². The normalized spacial score (nSPS) is 27.2. The zero-order valence-corrected chi connectivity index (χ0v) is 12.3. The van der Waals surface area contributed by atoms with Crippen LogP contribution in [0.2, 0.25) is 0 Å². The van der Waals surface area contributed by atoms with E-state index in [1.807, 2.05) is 12.1 Å². The highest BCUT2D eigenvalue weighted by Crippen LogP contribution is 2.37. The zero-order chi connectivity index (χ0) is 15.9. The first-order chi connectivity index (χ1) is 10.4. The number of aliphatic carboxylic acids is 1. The van der Waals surface area contributed by atoms with E-state index in [1.54, 1.807) is 19.1 Å². The van der Waals surface area contributed by atoms with Gasteiger partial charge in [-0.05, 0) is 31.4 Å². The van der Waals surface area contributed by atoms with Gasteiger partial charge >= 0.3 is 5.97 Å². The molecule has 0 aliphatic carbocycles. The van der Waals surface area contributed by atoms with Crippen molar-refractivity contribution in [1.82, 2.24) is 4.90 Å². The number of fused-ring (bicyclic) bond motifs is 1. The molecule has 2 amide bonds. The van der Waals surface area contributed by atoms with Gasteiger partial charge < -0.3 is 15.3 Å². The summed E-state index contributed by atoms with van der Waals surface area (Å²) in [5.41, 5.74) is 0.208. The molecular weight excluding hydrogens is 284 g/mol. The summed E-state index contributed by atoms with van der Waals surface area (Å²) in [6, 6.07) is 7.18. The second kappa shape index (κ2) is 5.12. The maximum atomic E-state index is 12.9. The van der Waals surface area contributed by atoms with Crippen LogP contribution in [0.3, 0.4) is 0 Å². The lowest BCUT2D eigenvalue weighted by molar-refractivity contribution is -0.156. The Morgan fingerprint density at radius 1 is 1.36 bits per heavy atom. The van der Waals surface area contributed by atoms with Gasteiger partial charge in [0.1, 0.15) is 5.54 Å². The average molecular weight is 302 g/mol. The molecule has 2 N–H and O–H groups in total. The number of nitrogens with one attached hydrogen (secondary N) is 1. The summed E-state index contributed by atoms with van der Waals surface area (Å²) in [6.45, 7) is 2.00. The third-order valence-corrected chi connectivity index (χ3v) is 4.67. The molecular formula is C16H18N2O4. The number of carbonyl (C=O) groups is 3. The first-order valence-corrected chi connectivity index (χ1v) is 7.37. The Hall–Kier alpha value is -2.37. The molecule has 2 atom stereocenters. The summed E-state index contributed by atoms with van der Waals surface area (Å²) in [4.78, 5) is 37.7. The van der Waals surface area contributed by atoms with Gasteiger partial charge in [-0.2, -0.15) is 0 Å². The minimum Gasteiger partial charge on any atom is -0.480 e. The predicted octanol–water partition coefficient (Wildman–Crippen LogP) is 1.58. The molecule has 116 valence electrons. The van der Waals surface area contributed by atoms with Crippen LogP contribution < -0.4 is 5.32 Å². The Kier molecular flexibility index (Phi) is 3.39. The monoisotopic (exact) mass is 302 g/mol. The number of carboxylic acids is 1. The number of benzene rings is 1. The Morgan fingerprint density at radius 2 is 2.09 bits per heavy atom. The quantitative estimate of drug-likeness (QED) is 0.868. The molecule has 1 fully saturated rings. The van der Waals surface area contributed by atoms with Crippen molar-refractivity contribution in [2.75, 3.05) is 11.9 Å². The van der Waals surface area contributed by atoms with E-state index in [2.05, 4.69) is 5.32 Å². The summed E-state index contributed by atoms with van der Waals surface area (Å²) in [6.07, 6.45) is 1.16. The van der Waals surface area contributed by atoms with Crippen molar-refractivity contribution in [3.05, 3.63) is 29.8 Å². The molecule has 2 heterocycles. The first-order valence-electron chi connectivity index (χ1n) is 7.37. The lowest BCUT2D eigenvalue weighted by Crippen LogP contribution is -2.52. The third-order valence-electron chi connectivity index (χ3n) is 4.67. The Bertz CT molecular complexity index is 657. The maximum Gasteiger partial charge on any atom is 0.329 e. The molecule has 6 nitrogen and oxygen atoms in total. The topological polar surface area (TPSA) is 86.7 Å². The molecule has 2 unspecified atom stereocenters. The molecule has 3 rings (SSSR count). The summed E-state index contributed by atoms with van der Waals surface area (Å²) in [7, 11) is 0. The molecule has 1 aromatic carbocycles. The number of hydrogen-bond donors (Lipinski definition) is 2. The number of amides is 2. The number of nitrogens with zero attached hydrogens (tertiary/aromatic N) is 1. The van der Waals surface area contributed by atoms with Crippen LogP contribution in [0.5, 0.6) is 0 Å². The minimum atomic E-state index is -1.18. The number of carboxylic acid groups (broad SMARTS) is 1. The van der Waals surface area contributed by atoms with Crippen LogP contribution in [-0.2, 0) is 14.4 Å². The van der Waals surface area contributed by atoms with Gasteiger partial charge in [-0.3, -0.25) is 9.59 Å². The summed E-state index contributed by atoms with van der Waals surface area (Å²) in [5.74, 6) is -2.09. The standard InChI is InChI=1S/C16H18N2O4/c1-16(15(21)22)7-4-8-18(16)14(20)11-9-13(19)17-12-6-3-2-5-10(11)12/h2-3,5-6,11H,4,7-9H2,1H3,(H,17,19)(H,21,22). The van der Waals surface area contributed by atoms with Crippen molar-refractivity contribution in [2.45, 2.75) is 37.6 Å². The van der Waals surface area contributed by atoms with E-state index in [0.717, 1.165) is 5.56 Å². The molecule has 1 aromatic rings. The van der Waals surface area contributed by atoms with Crippen molar-refractivity contribution in [3.8, 4) is 0 Å². The lowest BCUT2D eigenvalue weighted by Gasteiger charge is -2.35. The van der Waals surface area contributed by atoms with Gasteiger partial charge in [0.2, 0.25) is 11.8 Å². The highest BCUT2D eigenvalue weighted by atomic mass is 16.4. The van der Waals surface area contributed by atoms with Crippen LogP contribution in [0.15, 0.2) is 24.3 Å². The van der Waals surface area contributed by atoms with Gasteiger partial charge in [0.15, 0.2) is 0 Å². The van der Waals surface area contributed by atoms with Gasteiger partial charge in [0, 0.05) is 18.7 Å². The second-order valence-corrected chi connectivity index (χ2v) is 6.06. The van der Waals surface area contributed by atoms with Crippen LogP contribution in [0.25, 0.3) is 0 Å². The first kappa shape index (κ1) is 14.6.